The van der Waals surface area contributed by atoms with Gasteiger partial charge in [0.2, 0.25) is 0 Å². The van der Waals surface area contributed by atoms with Crippen LogP contribution in [0.5, 0.6) is 0 Å². The number of quaternary nitrogens is 1. The van der Waals surface area contributed by atoms with Gasteiger partial charge in [-0.3, -0.25) is 4.57 Å². The number of urea groups is 1. The van der Waals surface area contributed by atoms with Crippen LogP contribution in [0.1, 0.15) is 110 Å². The third-order valence-corrected chi connectivity index (χ3v) is 7.68. The maximum atomic E-state index is 12.3. The number of phosphoric acid groups is 1. The number of hydrogen-bond acceptors (Lipinski definition) is 6. The first-order valence-electron chi connectivity index (χ1n) is 15.4. The second-order valence-corrected chi connectivity index (χ2v) is 13.3. The summed E-state index contributed by atoms with van der Waals surface area (Å²) in [7, 11) is 4.57. The maximum absolute atomic E-state index is 12.3. The van der Waals surface area contributed by atoms with Crippen molar-refractivity contribution < 1.29 is 32.5 Å². The number of phosphoric ester groups is 1. The molecule has 0 fully saturated rings. The van der Waals surface area contributed by atoms with Gasteiger partial charge in [0.15, 0.2) is 0 Å². The number of nitrogens with zero attached hydrogens (tertiary/aromatic N) is 2. The van der Waals surface area contributed by atoms with E-state index in [1.54, 1.807) is 14.1 Å². The minimum Gasteiger partial charge on any atom is -0.756 e. The Morgan fingerprint density at radius 3 is 1.72 bits per heavy atom. The molecule has 0 radical (unpaired) electrons. The van der Waals surface area contributed by atoms with Gasteiger partial charge in [0.1, 0.15) is 19.3 Å². The number of rotatable bonds is 27. The average molecular weight is 580 g/mol. The fourth-order valence-corrected chi connectivity index (χ4v) is 4.96. The minimum absolute atomic E-state index is 0.0148. The number of amides is 2. The lowest BCUT2D eigenvalue weighted by atomic mass is 10.0. The van der Waals surface area contributed by atoms with E-state index in [0.717, 1.165) is 12.8 Å². The molecule has 0 heterocycles. The number of likely N-dealkylation sites (N-methyl/N-ethyl adjacent to an activating group) is 1. The first kappa shape index (κ1) is 38.3. The summed E-state index contributed by atoms with van der Waals surface area (Å²) in [5.74, 6) is 0. The van der Waals surface area contributed by atoms with Crippen LogP contribution in [0.15, 0.2) is 0 Å². The van der Waals surface area contributed by atoms with E-state index < -0.39 is 13.9 Å². The van der Waals surface area contributed by atoms with Crippen molar-refractivity contribution in [1.29, 1.82) is 0 Å². The molecule has 0 spiro atoms. The molecule has 39 heavy (non-hydrogen) atoms. The van der Waals surface area contributed by atoms with E-state index in [9.17, 15) is 14.3 Å². The highest BCUT2D eigenvalue weighted by Crippen LogP contribution is 2.39. The monoisotopic (exact) mass is 579 g/mol. The van der Waals surface area contributed by atoms with Gasteiger partial charge in [0.25, 0.3) is 7.82 Å². The summed E-state index contributed by atoms with van der Waals surface area (Å²) in [5.41, 5.74) is 0. The molecule has 2 atom stereocenters. The van der Waals surface area contributed by atoms with Gasteiger partial charge in [-0.15, -0.1) is 0 Å². The zero-order valence-corrected chi connectivity index (χ0v) is 27.1. The summed E-state index contributed by atoms with van der Waals surface area (Å²) in [6, 6.07) is -0.326. The van der Waals surface area contributed by atoms with E-state index in [2.05, 4.69) is 12.2 Å². The Hall–Kier alpha value is -0.700. The van der Waals surface area contributed by atoms with Gasteiger partial charge in [-0.1, -0.05) is 103 Å². The van der Waals surface area contributed by atoms with E-state index in [4.69, 9.17) is 13.8 Å². The van der Waals surface area contributed by atoms with Crippen molar-refractivity contribution in [1.82, 2.24) is 10.2 Å². The normalized spacial score (nSPS) is 14.2. The topological polar surface area (TPSA) is 100 Å². The molecule has 10 heteroatoms. The molecule has 0 aliphatic rings. The highest BCUT2D eigenvalue weighted by Gasteiger charge is 2.21. The van der Waals surface area contributed by atoms with Crippen molar-refractivity contribution in [3.8, 4) is 0 Å². The molecule has 0 rings (SSSR count). The van der Waals surface area contributed by atoms with Crippen molar-refractivity contribution in [3.63, 3.8) is 0 Å². The third kappa shape index (κ3) is 27.2. The van der Waals surface area contributed by atoms with Gasteiger partial charge >= 0.3 is 6.03 Å². The predicted octanol–water partition coefficient (Wildman–Crippen LogP) is 6.11. The molecule has 234 valence electrons. The Morgan fingerprint density at radius 1 is 0.821 bits per heavy atom. The van der Waals surface area contributed by atoms with Crippen LogP contribution in [0.25, 0.3) is 0 Å². The smallest absolute Gasteiger partial charge is 0.316 e. The number of nitrogens with one attached hydrogen (secondary N) is 1. The Morgan fingerprint density at radius 2 is 1.28 bits per heavy atom. The van der Waals surface area contributed by atoms with Crippen LogP contribution in [-0.2, 0) is 18.3 Å². The van der Waals surface area contributed by atoms with Crippen LogP contribution in [0.4, 0.5) is 4.79 Å². The van der Waals surface area contributed by atoms with Gasteiger partial charge in [-0.25, -0.2) is 4.79 Å². The van der Waals surface area contributed by atoms with E-state index in [0.29, 0.717) is 17.6 Å². The number of hydrogen-bond donors (Lipinski definition) is 1. The highest BCUT2D eigenvalue weighted by atomic mass is 31.2. The molecule has 2 amide bonds. The van der Waals surface area contributed by atoms with Gasteiger partial charge in [0, 0.05) is 27.2 Å². The van der Waals surface area contributed by atoms with Gasteiger partial charge in [0.05, 0.1) is 27.7 Å². The Labute approximate surface area is 240 Å². The largest absolute Gasteiger partial charge is 0.756 e. The second-order valence-electron chi connectivity index (χ2n) is 12.0. The molecule has 0 aromatic carbocycles. The molecule has 0 saturated heterocycles. The van der Waals surface area contributed by atoms with Crippen LogP contribution >= 0.6 is 7.82 Å². The summed E-state index contributed by atoms with van der Waals surface area (Å²) < 4.78 is 28.8. The van der Waals surface area contributed by atoms with Crippen molar-refractivity contribution in [3.05, 3.63) is 0 Å². The average Bonchev–Trinajstić information content (AvgIpc) is 2.84. The lowest BCUT2D eigenvalue weighted by molar-refractivity contribution is -0.870. The van der Waals surface area contributed by atoms with Crippen LogP contribution in [-0.4, -0.2) is 89.7 Å². The lowest BCUT2D eigenvalue weighted by Crippen LogP contribution is -2.41. The van der Waals surface area contributed by atoms with Crippen LogP contribution in [0.3, 0.4) is 0 Å². The Balaban J connectivity index is 3.96. The molecule has 9 nitrogen and oxygen atoms in total. The Bertz CT molecular complexity index is 631. The van der Waals surface area contributed by atoms with Crippen molar-refractivity contribution in [2.75, 3.05) is 68.1 Å². The fourth-order valence-electron chi connectivity index (χ4n) is 4.09. The number of carbonyl (C=O) groups excluding carboxylic acids is 1. The molecular weight excluding hydrogens is 517 g/mol. The predicted molar refractivity (Wildman–Crippen MR) is 159 cm³/mol. The summed E-state index contributed by atoms with van der Waals surface area (Å²) in [6.45, 7) is 3.43. The molecule has 0 saturated carbocycles. The van der Waals surface area contributed by atoms with E-state index in [1.807, 2.05) is 21.1 Å². The van der Waals surface area contributed by atoms with E-state index in [-0.39, 0.29) is 25.8 Å². The summed E-state index contributed by atoms with van der Waals surface area (Å²) >= 11 is 0. The van der Waals surface area contributed by atoms with Gasteiger partial charge < -0.3 is 33.4 Å². The van der Waals surface area contributed by atoms with E-state index >= 15 is 0 Å². The molecule has 2 unspecified atom stereocenters. The molecule has 1 N–H and O–H groups in total. The number of unbranched alkanes of at least 4 members (excludes halogenated alkanes) is 15. The van der Waals surface area contributed by atoms with Crippen LogP contribution < -0.4 is 10.2 Å². The summed E-state index contributed by atoms with van der Waals surface area (Å²) in [6.07, 6.45) is 20.1. The highest BCUT2D eigenvalue weighted by molar-refractivity contribution is 7.45. The molecule has 0 bridgehead atoms. The quantitative estimate of drug-likeness (QED) is 0.0716. The van der Waals surface area contributed by atoms with Gasteiger partial charge in [-0.2, -0.15) is 0 Å². The van der Waals surface area contributed by atoms with Crippen molar-refractivity contribution >= 4 is 13.9 Å². The standard InChI is InChI=1S/C29H62N3O6P/c1-7-8-9-10-11-12-13-14-15-16-17-18-19-20-21-22-24-36-27-28(26-30-29(33)31(2)3)38-39(34,35)37-25-23-32(4,5)6/h28H,7-27H2,1-6H3,(H-,30,33,34,35). The number of carbonyl (C=O) groups is 1. The fraction of sp³-hybridized carbons (Fsp3) is 0.966. The summed E-state index contributed by atoms with van der Waals surface area (Å²) in [4.78, 5) is 25.5. The summed E-state index contributed by atoms with van der Waals surface area (Å²) in [5, 5.41) is 2.66. The van der Waals surface area contributed by atoms with Crippen molar-refractivity contribution in [2.45, 2.75) is 116 Å². The number of ether oxygens (including phenoxy) is 1. The van der Waals surface area contributed by atoms with E-state index in [1.165, 1.54) is 94.8 Å². The minimum atomic E-state index is -4.52. The zero-order chi connectivity index (χ0) is 29.4. The zero-order valence-electron chi connectivity index (χ0n) is 26.2. The first-order valence-corrected chi connectivity index (χ1v) is 16.9. The SMILES string of the molecule is CCCCCCCCCCCCCCCCCCOCC(CNC(=O)N(C)C)OP(=O)([O-])OCC[N+](C)(C)C. The van der Waals surface area contributed by atoms with Crippen molar-refractivity contribution in [2.24, 2.45) is 0 Å². The second kappa shape index (κ2) is 24.0. The van der Waals surface area contributed by atoms with Crippen LogP contribution in [0.2, 0.25) is 0 Å². The maximum Gasteiger partial charge on any atom is 0.316 e. The first-order chi connectivity index (χ1) is 18.5. The molecule has 0 aromatic heterocycles. The third-order valence-electron chi connectivity index (χ3n) is 6.62. The Kier molecular flexibility index (Phi) is 23.5. The molecule has 0 aliphatic carbocycles. The molecule has 0 aliphatic heterocycles. The van der Waals surface area contributed by atoms with Crippen LogP contribution in [0, 0.1) is 0 Å². The molecule has 0 aromatic rings. The lowest BCUT2D eigenvalue weighted by Gasteiger charge is -2.30. The molecular formula is C29H62N3O6P. The van der Waals surface area contributed by atoms with Gasteiger partial charge in [-0.05, 0) is 6.42 Å².